The molecule has 142 valence electrons. The van der Waals surface area contributed by atoms with Crippen molar-refractivity contribution in [2.24, 2.45) is 0 Å². The molecule has 0 aliphatic carbocycles. The van der Waals surface area contributed by atoms with Crippen molar-refractivity contribution in [1.82, 2.24) is 14.8 Å². The van der Waals surface area contributed by atoms with Crippen molar-refractivity contribution in [2.75, 3.05) is 18.2 Å². The lowest BCUT2D eigenvalue weighted by atomic mass is 10.1. The summed E-state index contributed by atoms with van der Waals surface area (Å²) in [5, 5.41) is 6.74. The first-order valence-corrected chi connectivity index (χ1v) is 9.82. The molecule has 0 saturated carbocycles. The van der Waals surface area contributed by atoms with Crippen LogP contribution < -0.4 is 5.32 Å². The van der Waals surface area contributed by atoms with Crippen LogP contribution in [0.25, 0.3) is 11.3 Å². The molecule has 0 spiro atoms. The SMILES string of the molecule is Cc1cccc(-c2ocnc2C(=O)Nc2cnn(CCOS(C)(=O)=O)c2)c1. The maximum Gasteiger partial charge on any atom is 0.278 e. The highest BCUT2D eigenvalue weighted by Gasteiger charge is 2.19. The molecule has 0 atom stereocenters. The van der Waals surface area contributed by atoms with Gasteiger partial charge in [0.15, 0.2) is 17.8 Å². The third-order valence-electron chi connectivity index (χ3n) is 3.57. The fourth-order valence-corrected chi connectivity index (χ4v) is 2.80. The molecule has 0 aliphatic heterocycles. The Morgan fingerprint density at radius 2 is 2.19 bits per heavy atom. The van der Waals surface area contributed by atoms with Crippen LogP contribution in [0.3, 0.4) is 0 Å². The van der Waals surface area contributed by atoms with Gasteiger partial charge in [-0.15, -0.1) is 0 Å². The highest BCUT2D eigenvalue weighted by atomic mass is 32.2. The molecule has 3 aromatic rings. The number of aromatic nitrogens is 3. The average Bonchev–Trinajstić information content (AvgIpc) is 3.23. The molecule has 1 aromatic carbocycles. The third-order valence-corrected chi connectivity index (χ3v) is 4.17. The number of anilines is 1. The maximum absolute atomic E-state index is 12.5. The van der Waals surface area contributed by atoms with E-state index in [4.69, 9.17) is 4.42 Å². The minimum atomic E-state index is -3.50. The van der Waals surface area contributed by atoms with Gasteiger partial charge in [-0.3, -0.25) is 13.7 Å². The third kappa shape index (κ3) is 5.02. The number of nitrogens with zero attached hydrogens (tertiary/aromatic N) is 3. The standard InChI is InChI=1S/C17H18N4O5S/c1-12-4-3-5-13(8-12)16-15(18-11-25-16)17(22)20-14-9-19-21(10-14)6-7-26-27(2,23)24/h3-5,8-11H,6-7H2,1-2H3,(H,20,22). The zero-order valence-corrected chi connectivity index (χ0v) is 15.6. The van der Waals surface area contributed by atoms with Gasteiger partial charge in [-0.2, -0.15) is 13.5 Å². The van der Waals surface area contributed by atoms with Crippen LogP contribution in [0.1, 0.15) is 16.1 Å². The largest absolute Gasteiger partial charge is 0.443 e. The molecule has 0 unspecified atom stereocenters. The Hall–Kier alpha value is -2.98. The highest BCUT2D eigenvalue weighted by Crippen LogP contribution is 2.24. The lowest BCUT2D eigenvalue weighted by Gasteiger charge is -2.03. The second-order valence-electron chi connectivity index (χ2n) is 5.87. The number of amides is 1. The van der Waals surface area contributed by atoms with Crippen LogP contribution in [0, 0.1) is 6.92 Å². The normalized spacial score (nSPS) is 11.5. The Bertz CT molecular complexity index is 1050. The number of carbonyl (C=O) groups is 1. The van der Waals surface area contributed by atoms with E-state index in [-0.39, 0.29) is 18.8 Å². The van der Waals surface area contributed by atoms with Gasteiger partial charge in [-0.05, 0) is 13.0 Å². The fraction of sp³-hybridized carbons (Fsp3) is 0.235. The number of nitrogens with one attached hydrogen (secondary N) is 1. The van der Waals surface area contributed by atoms with E-state index in [9.17, 15) is 13.2 Å². The average molecular weight is 390 g/mol. The second-order valence-corrected chi connectivity index (χ2v) is 7.52. The Kier molecular flexibility index (Phi) is 5.38. The number of carbonyl (C=O) groups excluding carboxylic acids is 1. The first kappa shape index (κ1) is 18.8. The molecular formula is C17H18N4O5S. The first-order chi connectivity index (χ1) is 12.8. The van der Waals surface area contributed by atoms with Gasteiger partial charge >= 0.3 is 0 Å². The summed E-state index contributed by atoms with van der Waals surface area (Å²) in [7, 11) is -3.50. The lowest BCUT2D eigenvalue weighted by Crippen LogP contribution is -2.13. The summed E-state index contributed by atoms with van der Waals surface area (Å²) < 4.78 is 33.4. The smallest absolute Gasteiger partial charge is 0.278 e. The van der Waals surface area contributed by atoms with Gasteiger partial charge < -0.3 is 9.73 Å². The van der Waals surface area contributed by atoms with E-state index < -0.39 is 16.0 Å². The lowest BCUT2D eigenvalue weighted by molar-refractivity contribution is 0.102. The number of hydrogen-bond acceptors (Lipinski definition) is 7. The number of oxazole rings is 1. The molecule has 3 rings (SSSR count). The van der Waals surface area contributed by atoms with Crippen molar-refractivity contribution < 1.29 is 21.8 Å². The molecule has 10 heteroatoms. The van der Waals surface area contributed by atoms with Crippen molar-refractivity contribution in [3.05, 3.63) is 54.3 Å². The van der Waals surface area contributed by atoms with Crippen LogP contribution in [0.2, 0.25) is 0 Å². The Morgan fingerprint density at radius 1 is 1.37 bits per heavy atom. The molecular weight excluding hydrogens is 372 g/mol. The van der Waals surface area contributed by atoms with Crippen molar-refractivity contribution in [3.63, 3.8) is 0 Å². The topological polar surface area (TPSA) is 116 Å². The molecule has 2 heterocycles. The zero-order valence-electron chi connectivity index (χ0n) is 14.7. The van der Waals surface area contributed by atoms with Crippen LogP contribution in [-0.4, -0.2) is 42.0 Å². The highest BCUT2D eigenvalue weighted by molar-refractivity contribution is 7.85. The maximum atomic E-state index is 12.5. The van der Waals surface area contributed by atoms with Crippen LogP contribution in [-0.2, 0) is 20.8 Å². The second kappa shape index (κ2) is 7.72. The zero-order chi connectivity index (χ0) is 19.4. The number of rotatable bonds is 7. The van der Waals surface area contributed by atoms with E-state index in [0.717, 1.165) is 17.4 Å². The van der Waals surface area contributed by atoms with E-state index in [1.165, 1.54) is 17.3 Å². The molecule has 0 fully saturated rings. The van der Waals surface area contributed by atoms with Crippen LogP contribution in [0.5, 0.6) is 0 Å². The molecule has 2 aromatic heterocycles. The summed E-state index contributed by atoms with van der Waals surface area (Å²) in [6.45, 7) is 2.12. The summed E-state index contributed by atoms with van der Waals surface area (Å²) in [5.41, 5.74) is 2.39. The summed E-state index contributed by atoms with van der Waals surface area (Å²) in [4.78, 5) is 16.5. The van der Waals surface area contributed by atoms with Gasteiger partial charge in [0.2, 0.25) is 0 Å². The van der Waals surface area contributed by atoms with E-state index in [1.807, 2.05) is 31.2 Å². The van der Waals surface area contributed by atoms with Crippen molar-refractivity contribution in [3.8, 4) is 11.3 Å². The fourth-order valence-electron chi connectivity index (χ4n) is 2.42. The predicted octanol–water partition coefficient (Wildman–Crippen LogP) is 2.08. The Balaban J connectivity index is 1.68. The molecule has 0 aliphatic rings. The van der Waals surface area contributed by atoms with Gasteiger partial charge in [0.1, 0.15) is 0 Å². The molecule has 1 N–H and O–H groups in total. The quantitative estimate of drug-likeness (QED) is 0.614. The number of hydrogen-bond donors (Lipinski definition) is 1. The summed E-state index contributed by atoms with van der Waals surface area (Å²) in [6, 6.07) is 7.56. The molecule has 0 saturated heterocycles. The number of benzene rings is 1. The minimum absolute atomic E-state index is 0.0469. The van der Waals surface area contributed by atoms with E-state index in [2.05, 4.69) is 19.6 Å². The van der Waals surface area contributed by atoms with Crippen molar-refractivity contribution in [2.45, 2.75) is 13.5 Å². The summed E-state index contributed by atoms with van der Waals surface area (Å²) in [6.07, 6.45) is 5.21. The molecule has 1 amide bonds. The summed E-state index contributed by atoms with van der Waals surface area (Å²) >= 11 is 0. The first-order valence-electron chi connectivity index (χ1n) is 8.00. The molecule has 0 bridgehead atoms. The molecule has 9 nitrogen and oxygen atoms in total. The Labute approximate surface area is 156 Å². The minimum Gasteiger partial charge on any atom is -0.443 e. The molecule has 0 radical (unpaired) electrons. The van der Waals surface area contributed by atoms with E-state index >= 15 is 0 Å². The number of aryl methyl sites for hydroxylation is 1. The summed E-state index contributed by atoms with van der Waals surface area (Å²) in [5.74, 6) is -0.0580. The van der Waals surface area contributed by atoms with Gasteiger partial charge in [0.25, 0.3) is 16.0 Å². The van der Waals surface area contributed by atoms with Gasteiger partial charge in [0, 0.05) is 11.8 Å². The predicted molar refractivity (Wildman–Crippen MR) is 97.7 cm³/mol. The monoisotopic (exact) mass is 390 g/mol. The van der Waals surface area contributed by atoms with E-state index in [0.29, 0.717) is 11.4 Å². The van der Waals surface area contributed by atoms with Gasteiger partial charge in [-0.25, -0.2) is 4.98 Å². The van der Waals surface area contributed by atoms with Crippen LogP contribution in [0.15, 0.2) is 47.5 Å². The Morgan fingerprint density at radius 3 is 2.93 bits per heavy atom. The molecule has 27 heavy (non-hydrogen) atoms. The van der Waals surface area contributed by atoms with Gasteiger partial charge in [-0.1, -0.05) is 23.8 Å². The van der Waals surface area contributed by atoms with E-state index in [1.54, 1.807) is 6.20 Å². The van der Waals surface area contributed by atoms with Crippen molar-refractivity contribution in [1.29, 1.82) is 0 Å². The van der Waals surface area contributed by atoms with Crippen LogP contribution >= 0.6 is 0 Å². The van der Waals surface area contributed by atoms with Crippen LogP contribution in [0.4, 0.5) is 5.69 Å². The van der Waals surface area contributed by atoms with Crippen molar-refractivity contribution >= 4 is 21.7 Å². The van der Waals surface area contributed by atoms with Gasteiger partial charge in [0.05, 0.1) is 31.3 Å².